The van der Waals surface area contributed by atoms with Crippen LogP contribution in [0.2, 0.25) is 0 Å². The summed E-state index contributed by atoms with van der Waals surface area (Å²) >= 11 is 0. The first-order chi connectivity index (χ1) is 12.2. The molecule has 1 heterocycles. The Morgan fingerprint density at radius 3 is 2.96 bits per heavy atom. The Morgan fingerprint density at radius 1 is 1.24 bits per heavy atom. The van der Waals surface area contributed by atoms with Crippen molar-refractivity contribution in [3.63, 3.8) is 0 Å². The quantitative estimate of drug-likeness (QED) is 0.789. The summed E-state index contributed by atoms with van der Waals surface area (Å²) in [6.07, 6.45) is 5.24. The molecule has 25 heavy (non-hydrogen) atoms. The fourth-order valence-corrected chi connectivity index (χ4v) is 3.85. The van der Waals surface area contributed by atoms with Gasteiger partial charge in [-0.3, -0.25) is 4.79 Å². The molecule has 0 aliphatic heterocycles. The van der Waals surface area contributed by atoms with E-state index in [4.69, 9.17) is 0 Å². The zero-order chi connectivity index (χ0) is 17.2. The second-order valence-electron chi connectivity index (χ2n) is 6.85. The summed E-state index contributed by atoms with van der Waals surface area (Å²) in [5.41, 5.74) is 4.74. The largest absolute Gasteiger partial charge is 0.354 e. The van der Waals surface area contributed by atoms with Crippen LogP contribution in [0.3, 0.4) is 0 Å². The molecule has 0 radical (unpaired) electrons. The second kappa shape index (κ2) is 6.71. The van der Waals surface area contributed by atoms with Crippen LogP contribution in [-0.4, -0.2) is 22.0 Å². The van der Waals surface area contributed by atoms with Gasteiger partial charge in [0.25, 0.3) is 0 Å². The molecule has 4 rings (SSSR count). The predicted molar refractivity (Wildman–Crippen MR) is 99.6 cm³/mol. The van der Waals surface area contributed by atoms with Crippen molar-refractivity contribution in [2.24, 2.45) is 0 Å². The smallest absolute Gasteiger partial charge is 0.242 e. The van der Waals surface area contributed by atoms with E-state index in [1.54, 1.807) is 6.33 Å². The van der Waals surface area contributed by atoms with E-state index in [1.807, 2.05) is 35.8 Å². The minimum Gasteiger partial charge on any atom is -0.354 e. The van der Waals surface area contributed by atoms with Crippen LogP contribution in [0.5, 0.6) is 0 Å². The summed E-state index contributed by atoms with van der Waals surface area (Å²) in [4.78, 5) is 17.1. The van der Waals surface area contributed by atoms with E-state index in [1.165, 1.54) is 17.5 Å². The molecule has 1 N–H and O–H groups in total. The molecule has 2 atom stereocenters. The molecule has 0 fully saturated rings. The van der Waals surface area contributed by atoms with E-state index >= 15 is 0 Å². The SMILES string of the molecule is C[C@H](C(=O)NC[C@@H]1CCCc2ccccc21)n1cnc2ccccc21. The van der Waals surface area contributed by atoms with E-state index in [-0.39, 0.29) is 11.9 Å². The van der Waals surface area contributed by atoms with Crippen LogP contribution >= 0.6 is 0 Å². The van der Waals surface area contributed by atoms with Crippen molar-refractivity contribution >= 4 is 16.9 Å². The van der Waals surface area contributed by atoms with Crippen LogP contribution in [0.1, 0.15) is 42.9 Å². The van der Waals surface area contributed by atoms with E-state index in [2.05, 4.69) is 34.6 Å². The van der Waals surface area contributed by atoms with Crippen molar-refractivity contribution in [3.05, 3.63) is 66.0 Å². The van der Waals surface area contributed by atoms with Crippen LogP contribution in [0.25, 0.3) is 11.0 Å². The lowest BCUT2D eigenvalue weighted by molar-refractivity contribution is -0.123. The predicted octanol–water partition coefficient (Wildman–Crippen LogP) is 3.83. The molecular formula is C21H23N3O. The van der Waals surface area contributed by atoms with Gasteiger partial charge in [0.05, 0.1) is 17.4 Å². The summed E-state index contributed by atoms with van der Waals surface area (Å²) in [7, 11) is 0. The lowest BCUT2D eigenvalue weighted by Gasteiger charge is -2.26. The lowest BCUT2D eigenvalue weighted by Crippen LogP contribution is -2.34. The van der Waals surface area contributed by atoms with Gasteiger partial charge in [-0.1, -0.05) is 36.4 Å². The molecule has 0 saturated carbocycles. The Labute approximate surface area is 147 Å². The summed E-state index contributed by atoms with van der Waals surface area (Å²) < 4.78 is 1.94. The molecule has 1 aliphatic rings. The number of imidazole rings is 1. The standard InChI is InChI=1S/C21H23N3O/c1-15(24-14-23-19-11-4-5-12-20(19)24)21(25)22-13-17-9-6-8-16-7-2-3-10-18(16)17/h2-5,7,10-12,14-15,17H,6,8-9,13H2,1H3,(H,22,25)/t15-,17+/m1/s1. The average Bonchev–Trinajstić information content (AvgIpc) is 3.09. The van der Waals surface area contributed by atoms with E-state index in [0.717, 1.165) is 23.9 Å². The molecule has 128 valence electrons. The van der Waals surface area contributed by atoms with Crippen LogP contribution in [0.15, 0.2) is 54.9 Å². The average molecular weight is 333 g/mol. The number of carbonyl (C=O) groups is 1. The molecule has 1 aromatic heterocycles. The molecule has 2 aromatic carbocycles. The Hall–Kier alpha value is -2.62. The van der Waals surface area contributed by atoms with E-state index in [9.17, 15) is 4.79 Å². The van der Waals surface area contributed by atoms with Crippen LogP contribution in [0, 0.1) is 0 Å². The van der Waals surface area contributed by atoms with Crippen molar-refractivity contribution in [2.45, 2.75) is 38.1 Å². The molecule has 0 unspecified atom stereocenters. The van der Waals surface area contributed by atoms with E-state index in [0.29, 0.717) is 12.5 Å². The van der Waals surface area contributed by atoms with Gasteiger partial charge < -0.3 is 9.88 Å². The molecule has 0 bridgehead atoms. The summed E-state index contributed by atoms with van der Waals surface area (Å²) in [6.45, 7) is 2.63. The van der Waals surface area contributed by atoms with Crippen molar-refractivity contribution in [2.75, 3.05) is 6.54 Å². The number of hydrogen-bond acceptors (Lipinski definition) is 2. The van der Waals surface area contributed by atoms with Crippen LogP contribution in [-0.2, 0) is 11.2 Å². The number of aryl methyl sites for hydroxylation is 1. The molecule has 1 aliphatic carbocycles. The van der Waals surface area contributed by atoms with Gasteiger partial charge in [0.1, 0.15) is 6.04 Å². The molecule has 4 heteroatoms. The van der Waals surface area contributed by atoms with Gasteiger partial charge in [0.2, 0.25) is 5.91 Å². The lowest BCUT2D eigenvalue weighted by atomic mass is 9.83. The third-order valence-electron chi connectivity index (χ3n) is 5.29. The Balaban J connectivity index is 1.46. The third-order valence-corrected chi connectivity index (χ3v) is 5.29. The highest BCUT2D eigenvalue weighted by Gasteiger charge is 2.22. The minimum atomic E-state index is -0.272. The third kappa shape index (κ3) is 3.04. The van der Waals surface area contributed by atoms with Crippen molar-refractivity contribution in [3.8, 4) is 0 Å². The number of para-hydroxylation sites is 2. The fraction of sp³-hybridized carbons (Fsp3) is 0.333. The first kappa shape index (κ1) is 15.9. The summed E-state index contributed by atoms with van der Waals surface area (Å²) in [5, 5.41) is 3.16. The number of nitrogens with zero attached hydrogens (tertiary/aromatic N) is 2. The van der Waals surface area contributed by atoms with Crippen molar-refractivity contribution in [1.29, 1.82) is 0 Å². The molecule has 0 spiro atoms. The summed E-state index contributed by atoms with van der Waals surface area (Å²) in [6, 6.07) is 16.3. The number of hydrogen-bond donors (Lipinski definition) is 1. The van der Waals surface area contributed by atoms with Crippen LogP contribution < -0.4 is 5.32 Å². The van der Waals surface area contributed by atoms with Crippen LogP contribution in [0.4, 0.5) is 0 Å². The highest BCUT2D eigenvalue weighted by Crippen LogP contribution is 2.31. The van der Waals surface area contributed by atoms with Gasteiger partial charge in [-0.05, 0) is 49.4 Å². The number of aromatic nitrogens is 2. The number of benzene rings is 2. The second-order valence-corrected chi connectivity index (χ2v) is 6.85. The zero-order valence-electron chi connectivity index (χ0n) is 14.5. The van der Waals surface area contributed by atoms with Crippen molar-refractivity contribution in [1.82, 2.24) is 14.9 Å². The van der Waals surface area contributed by atoms with Gasteiger partial charge in [-0.15, -0.1) is 0 Å². The normalized spacial score (nSPS) is 17.9. The van der Waals surface area contributed by atoms with Gasteiger partial charge in [0.15, 0.2) is 0 Å². The van der Waals surface area contributed by atoms with Gasteiger partial charge in [-0.2, -0.15) is 0 Å². The fourth-order valence-electron chi connectivity index (χ4n) is 3.85. The maximum atomic E-state index is 12.7. The first-order valence-corrected chi connectivity index (χ1v) is 9.01. The zero-order valence-corrected chi connectivity index (χ0v) is 14.5. The molecule has 1 amide bonds. The molecule has 0 saturated heterocycles. The van der Waals surface area contributed by atoms with Gasteiger partial charge in [0, 0.05) is 12.5 Å². The number of carbonyl (C=O) groups excluding carboxylic acids is 1. The Morgan fingerprint density at radius 2 is 2.04 bits per heavy atom. The number of fused-ring (bicyclic) bond motifs is 2. The monoisotopic (exact) mass is 333 g/mol. The minimum absolute atomic E-state index is 0.0474. The molecular weight excluding hydrogens is 310 g/mol. The maximum Gasteiger partial charge on any atom is 0.242 e. The highest BCUT2D eigenvalue weighted by atomic mass is 16.2. The van der Waals surface area contributed by atoms with Crippen molar-refractivity contribution < 1.29 is 4.79 Å². The molecule has 4 nitrogen and oxygen atoms in total. The number of amides is 1. The van der Waals surface area contributed by atoms with Gasteiger partial charge in [-0.25, -0.2) is 4.98 Å². The highest BCUT2D eigenvalue weighted by molar-refractivity contribution is 5.83. The maximum absolute atomic E-state index is 12.7. The molecule has 3 aromatic rings. The van der Waals surface area contributed by atoms with E-state index < -0.39 is 0 Å². The first-order valence-electron chi connectivity index (χ1n) is 9.01. The number of rotatable bonds is 4. The van der Waals surface area contributed by atoms with Gasteiger partial charge >= 0.3 is 0 Å². The Bertz CT molecular complexity index is 899. The number of nitrogens with one attached hydrogen (secondary N) is 1. The summed E-state index contributed by atoms with van der Waals surface area (Å²) in [5.74, 6) is 0.465. The topological polar surface area (TPSA) is 46.9 Å². The Kier molecular flexibility index (Phi) is 4.26.